The van der Waals surface area contributed by atoms with Gasteiger partial charge in [0, 0.05) is 12.7 Å². The predicted molar refractivity (Wildman–Crippen MR) is 73.2 cm³/mol. The maximum atomic E-state index is 13.8. The zero-order valence-corrected chi connectivity index (χ0v) is 10.2. The highest BCUT2D eigenvalue weighted by molar-refractivity contribution is 5.77. The number of rotatable bonds is 2. The number of hydrogen-bond donors (Lipinski definition) is 3. The van der Waals surface area contributed by atoms with Crippen LogP contribution in [0.1, 0.15) is 0 Å². The molecule has 19 heavy (non-hydrogen) atoms. The SMILES string of the molecule is CNc1ccc2[nH]c(-c3ccc(N)cc3F)nc2n1. The van der Waals surface area contributed by atoms with E-state index in [2.05, 4.69) is 20.3 Å². The van der Waals surface area contributed by atoms with Crippen molar-refractivity contribution >= 4 is 22.7 Å². The van der Waals surface area contributed by atoms with Gasteiger partial charge < -0.3 is 16.0 Å². The highest BCUT2D eigenvalue weighted by atomic mass is 19.1. The fraction of sp³-hybridized carbons (Fsp3) is 0.0769. The van der Waals surface area contributed by atoms with Gasteiger partial charge in [0.25, 0.3) is 0 Å². The van der Waals surface area contributed by atoms with Gasteiger partial charge in [-0.05, 0) is 30.3 Å². The van der Waals surface area contributed by atoms with Crippen LogP contribution in [0.4, 0.5) is 15.9 Å². The van der Waals surface area contributed by atoms with Crippen LogP contribution in [0.3, 0.4) is 0 Å². The molecule has 0 atom stereocenters. The predicted octanol–water partition coefficient (Wildman–Crippen LogP) is 2.39. The second-order valence-electron chi connectivity index (χ2n) is 4.14. The summed E-state index contributed by atoms with van der Waals surface area (Å²) >= 11 is 0. The minimum Gasteiger partial charge on any atom is -0.399 e. The summed E-state index contributed by atoms with van der Waals surface area (Å²) in [6.45, 7) is 0. The minimum absolute atomic E-state index is 0.373. The van der Waals surface area contributed by atoms with Crippen molar-refractivity contribution < 1.29 is 4.39 Å². The largest absolute Gasteiger partial charge is 0.399 e. The van der Waals surface area contributed by atoms with Gasteiger partial charge in [-0.15, -0.1) is 0 Å². The summed E-state index contributed by atoms with van der Waals surface area (Å²) in [4.78, 5) is 11.6. The summed E-state index contributed by atoms with van der Waals surface area (Å²) in [5.74, 6) is 0.740. The molecular formula is C13H12FN5. The number of nitrogens with one attached hydrogen (secondary N) is 2. The lowest BCUT2D eigenvalue weighted by Crippen LogP contribution is -1.91. The number of nitrogen functional groups attached to an aromatic ring is 1. The van der Waals surface area contributed by atoms with Crippen molar-refractivity contribution in [2.24, 2.45) is 0 Å². The van der Waals surface area contributed by atoms with Crippen molar-refractivity contribution in [2.75, 3.05) is 18.1 Å². The number of aromatic amines is 1. The van der Waals surface area contributed by atoms with Gasteiger partial charge >= 0.3 is 0 Å². The van der Waals surface area contributed by atoms with Gasteiger partial charge in [0.1, 0.15) is 17.5 Å². The lowest BCUT2D eigenvalue weighted by molar-refractivity contribution is 0.631. The van der Waals surface area contributed by atoms with Crippen LogP contribution in [-0.2, 0) is 0 Å². The number of aromatic nitrogens is 3. The third-order valence-corrected chi connectivity index (χ3v) is 2.85. The second kappa shape index (κ2) is 4.24. The van der Waals surface area contributed by atoms with Crippen molar-refractivity contribution in [1.82, 2.24) is 15.0 Å². The molecule has 0 spiro atoms. The number of nitrogens with two attached hydrogens (primary N) is 1. The first kappa shape index (κ1) is 11.5. The van der Waals surface area contributed by atoms with Crippen molar-refractivity contribution in [2.45, 2.75) is 0 Å². The van der Waals surface area contributed by atoms with Crippen LogP contribution in [0.25, 0.3) is 22.6 Å². The lowest BCUT2D eigenvalue weighted by atomic mass is 10.2. The molecule has 2 heterocycles. The molecule has 0 bridgehead atoms. The number of hydrogen-bond acceptors (Lipinski definition) is 4. The fourth-order valence-electron chi connectivity index (χ4n) is 1.88. The Morgan fingerprint density at radius 3 is 2.79 bits per heavy atom. The molecule has 5 nitrogen and oxygen atoms in total. The molecular weight excluding hydrogens is 245 g/mol. The van der Waals surface area contributed by atoms with Crippen molar-refractivity contribution in [3.8, 4) is 11.4 Å². The number of benzene rings is 1. The van der Waals surface area contributed by atoms with Crippen LogP contribution in [0, 0.1) is 5.82 Å². The molecule has 1 aromatic carbocycles. The van der Waals surface area contributed by atoms with Crippen LogP contribution >= 0.6 is 0 Å². The van der Waals surface area contributed by atoms with Crippen molar-refractivity contribution in [3.05, 3.63) is 36.1 Å². The molecule has 3 rings (SSSR count). The molecule has 0 saturated heterocycles. The zero-order chi connectivity index (χ0) is 13.4. The first-order valence-electron chi connectivity index (χ1n) is 5.77. The monoisotopic (exact) mass is 257 g/mol. The summed E-state index contributed by atoms with van der Waals surface area (Å²) in [5, 5.41) is 2.93. The van der Waals surface area contributed by atoms with Crippen LogP contribution in [0.15, 0.2) is 30.3 Å². The van der Waals surface area contributed by atoms with E-state index in [4.69, 9.17) is 5.73 Å². The Balaban J connectivity index is 2.14. The zero-order valence-electron chi connectivity index (χ0n) is 10.2. The van der Waals surface area contributed by atoms with Gasteiger partial charge in [0.05, 0.1) is 11.1 Å². The smallest absolute Gasteiger partial charge is 0.180 e. The first-order chi connectivity index (χ1) is 9.17. The molecule has 0 amide bonds. The second-order valence-corrected chi connectivity index (χ2v) is 4.14. The Kier molecular flexibility index (Phi) is 2.56. The molecule has 4 N–H and O–H groups in total. The third-order valence-electron chi connectivity index (χ3n) is 2.85. The number of nitrogens with zero attached hydrogens (tertiary/aromatic N) is 2. The van der Waals surface area contributed by atoms with E-state index in [0.29, 0.717) is 28.5 Å². The molecule has 2 aromatic heterocycles. The Labute approximate surface area is 108 Å². The molecule has 0 saturated carbocycles. The molecule has 0 aliphatic carbocycles. The van der Waals surface area contributed by atoms with E-state index in [0.717, 1.165) is 5.52 Å². The molecule has 6 heteroatoms. The number of imidazole rings is 1. The van der Waals surface area contributed by atoms with E-state index in [1.54, 1.807) is 19.2 Å². The number of pyridine rings is 1. The summed E-state index contributed by atoms with van der Waals surface area (Å²) in [5.41, 5.74) is 7.58. The number of H-pyrrole nitrogens is 1. The Morgan fingerprint density at radius 2 is 2.05 bits per heavy atom. The summed E-state index contributed by atoms with van der Waals surface area (Å²) in [6.07, 6.45) is 0. The van der Waals surface area contributed by atoms with Crippen LogP contribution in [-0.4, -0.2) is 22.0 Å². The highest BCUT2D eigenvalue weighted by Crippen LogP contribution is 2.24. The van der Waals surface area contributed by atoms with Crippen molar-refractivity contribution in [3.63, 3.8) is 0 Å². The van der Waals surface area contributed by atoms with Gasteiger partial charge in [-0.1, -0.05) is 0 Å². The average Bonchev–Trinajstić information content (AvgIpc) is 2.80. The molecule has 96 valence electrons. The quantitative estimate of drug-likeness (QED) is 0.616. The number of halogens is 1. The fourth-order valence-corrected chi connectivity index (χ4v) is 1.88. The summed E-state index contributed by atoms with van der Waals surface area (Å²) in [6, 6.07) is 8.18. The standard InChI is InChI=1S/C13H12FN5/c1-16-11-5-4-10-13(18-11)19-12(17-10)8-3-2-7(15)6-9(8)14/h2-6H,15H2,1H3,(H2,16,17,18,19). The normalized spacial score (nSPS) is 10.8. The topological polar surface area (TPSA) is 79.6 Å². The Morgan fingerprint density at radius 1 is 1.21 bits per heavy atom. The molecule has 0 aliphatic rings. The lowest BCUT2D eigenvalue weighted by Gasteiger charge is -1.99. The van der Waals surface area contributed by atoms with Crippen LogP contribution in [0.5, 0.6) is 0 Å². The van der Waals surface area contributed by atoms with E-state index >= 15 is 0 Å². The third kappa shape index (κ3) is 1.97. The molecule has 0 radical (unpaired) electrons. The van der Waals surface area contributed by atoms with Gasteiger partial charge in [-0.2, -0.15) is 0 Å². The molecule has 0 unspecified atom stereocenters. The maximum absolute atomic E-state index is 13.8. The Bertz CT molecular complexity index is 750. The first-order valence-corrected chi connectivity index (χ1v) is 5.77. The van der Waals surface area contributed by atoms with Gasteiger partial charge in [0.2, 0.25) is 0 Å². The Hall–Kier alpha value is -2.63. The van der Waals surface area contributed by atoms with Gasteiger partial charge in [-0.3, -0.25) is 0 Å². The molecule has 3 aromatic rings. The van der Waals surface area contributed by atoms with E-state index in [9.17, 15) is 4.39 Å². The molecule has 0 aliphatic heterocycles. The molecule has 0 fully saturated rings. The van der Waals surface area contributed by atoms with Crippen LogP contribution < -0.4 is 11.1 Å². The minimum atomic E-state index is -0.409. The average molecular weight is 257 g/mol. The highest BCUT2D eigenvalue weighted by Gasteiger charge is 2.11. The van der Waals surface area contributed by atoms with E-state index in [1.807, 2.05) is 12.1 Å². The summed E-state index contributed by atoms with van der Waals surface area (Å²) in [7, 11) is 1.78. The maximum Gasteiger partial charge on any atom is 0.180 e. The number of fused-ring (bicyclic) bond motifs is 1. The van der Waals surface area contributed by atoms with E-state index < -0.39 is 5.82 Å². The van der Waals surface area contributed by atoms with Crippen molar-refractivity contribution in [1.29, 1.82) is 0 Å². The van der Waals surface area contributed by atoms with Crippen LogP contribution in [0.2, 0.25) is 0 Å². The van der Waals surface area contributed by atoms with Gasteiger partial charge in [-0.25, -0.2) is 14.4 Å². The summed E-state index contributed by atoms with van der Waals surface area (Å²) < 4.78 is 13.8. The number of anilines is 2. The van der Waals surface area contributed by atoms with E-state index in [1.165, 1.54) is 6.07 Å². The van der Waals surface area contributed by atoms with Gasteiger partial charge in [0.15, 0.2) is 5.65 Å². The van der Waals surface area contributed by atoms with E-state index in [-0.39, 0.29) is 0 Å².